The van der Waals surface area contributed by atoms with Crippen LogP contribution in [0.15, 0.2) is 35.3 Å². The fraction of sp³-hybridized carbons (Fsp3) is 0.636. The van der Waals surface area contributed by atoms with Crippen molar-refractivity contribution in [1.29, 1.82) is 0 Å². The number of amides is 1. The number of nitrogens with zero attached hydrogens (tertiary/aromatic N) is 3. The fourth-order valence-corrected chi connectivity index (χ4v) is 3.47. The molecule has 1 aliphatic heterocycles. The molecule has 2 rings (SSSR count). The number of nitrogens with one attached hydrogen (secondary N) is 2. The number of hydrogen-bond acceptors (Lipinski definition) is 3. The summed E-state index contributed by atoms with van der Waals surface area (Å²) in [6.07, 6.45) is 3.71. The Kier molecular flexibility index (Phi) is 12.9. The average molecular weight is 515 g/mol. The molecule has 1 saturated heterocycles. The van der Waals surface area contributed by atoms with Gasteiger partial charge in [-0.15, -0.1) is 24.0 Å². The number of carbonyl (C=O) groups is 1. The molecule has 0 radical (unpaired) electrons. The van der Waals surface area contributed by atoms with Gasteiger partial charge in [0.05, 0.1) is 6.54 Å². The van der Waals surface area contributed by atoms with Crippen molar-refractivity contribution in [3.05, 3.63) is 35.9 Å². The first-order valence-electron chi connectivity index (χ1n) is 10.6. The summed E-state index contributed by atoms with van der Waals surface area (Å²) in [6.45, 7) is 10.4. The van der Waals surface area contributed by atoms with E-state index in [1.54, 1.807) is 7.05 Å². The highest BCUT2D eigenvalue weighted by atomic mass is 127. The van der Waals surface area contributed by atoms with Gasteiger partial charge in [0.15, 0.2) is 5.96 Å². The lowest BCUT2D eigenvalue weighted by Crippen LogP contribution is -2.45. The Morgan fingerprint density at radius 2 is 1.90 bits per heavy atom. The summed E-state index contributed by atoms with van der Waals surface area (Å²) in [5.41, 5.74) is 1.15. The van der Waals surface area contributed by atoms with Gasteiger partial charge in [-0.1, -0.05) is 37.3 Å². The van der Waals surface area contributed by atoms with Crippen LogP contribution in [0.5, 0.6) is 0 Å². The molecule has 1 heterocycles. The third kappa shape index (κ3) is 9.80. The number of aliphatic imine (C=N–C) groups is 1. The predicted octanol–water partition coefficient (Wildman–Crippen LogP) is 2.94. The van der Waals surface area contributed by atoms with Gasteiger partial charge in [-0.3, -0.25) is 9.79 Å². The molecule has 0 spiro atoms. The molecular weight excluding hydrogens is 477 g/mol. The minimum atomic E-state index is 0. The van der Waals surface area contributed by atoms with Gasteiger partial charge in [-0.05, 0) is 57.3 Å². The lowest BCUT2D eigenvalue weighted by molar-refractivity contribution is -0.130. The molecule has 164 valence electrons. The van der Waals surface area contributed by atoms with Crippen molar-refractivity contribution in [2.75, 3.05) is 46.3 Å². The fourth-order valence-electron chi connectivity index (χ4n) is 3.47. The number of benzene rings is 1. The second-order valence-corrected chi connectivity index (χ2v) is 7.62. The quantitative estimate of drug-likeness (QED) is 0.230. The summed E-state index contributed by atoms with van der Waals surface area (Å²) >= 11 is 0. The summed E-state index contributed by atoms with van der Waals surface area (Å²) in [4.78, 5) is 21.2. The first-order chi connectivity index (χ1) is 13.6. The van der Waals surface area contributed by atoms with Crippen molar-refractivity contribution in [1.82, 2.24) is 20.4 Å². The van der Waals surface area contributed by atoms with Crippen LogP contribution in [0.1, 0.15) is 38.7 Å². The van der Waals surface area contributed by atoms with E-state index in [-0.39, 0.29) is 36.4 Å². The standard InChI is InChI=1S/C22H37N5O.HI/c1-4-27(18-20-9-6-5-7-10-20)21(28)17-25-22(23-3)24-13-8-14-26-15-11-19(2)12-16-26;/h5-7,9-10,19H,4,8,11-18H2,1-3H3,(H2,23,24,25);1H. The van der Waals surface area contributed by atoms with E-state index >= 15 is 0 Å². The Hall–Kier alpha value is -1.35. The summed E-state index contributed by atoms with van der Waals surface area (Å²) in [5, 5.41) is 6.47. The number of likely N-dealkylation sites (tertiary alicyclic amines) is 1. The van der Waals surface area contributed by atoms with E-state index in [0.717, 1.165) is 31.0 Å². The SMILES string of the molecule is CCN(Cc1ccccc1)C(=O)CNC(=NC)NCCCN1CCC(C)CC1.I. The zero-order valence-corrected chi connectivity index (χ0v) is 20.5. The van der Waals surface area contributed by atoms with Crippen LogP contribution in [0.4, 0.5) is 0 Å². The molecule has 1 aliphatic rings. The van der Waals surface area contributed by atoms with Crippen LogP contribution in [0.25, 0.3) is 0 Å². The number of likely N-dealkylation sites (N-methyl/N-ethyl adjacent to an activating group) is 1. The highest BCUT2D eigenvalue weighted by Crippen LogP contribution is 2.15. The molecule has 0 unspecified atom stereocenters. The molecule has 0 bridgehead atoms. The number of guanidine groups is 1. The highest BCUT2D eigenvalue weighted by molar-refractivity contribution is 14.0. The van der Waals surface area contributed by atoms with Crippen molar-refractivity contribution in [3.8, 4) is 0 Å². The monoisotopic (exact) mass is 515 g/mol. The van der Waals surface area contributed by atoms with Crippen LogP contribution < -0.4 is 10.6 Å². The lowest BCUT2D eigenvalue weighted by Gasteiger charge is -2.30. The van der Waals surface area contributed by atoms with Crippen LogP contribution in [-0.4, -0.2) is 68.0 Å². The molecule has 1 aromatic rings. The van der Waals surface area contributed by atoms with E-state index in [9.17, 15) is 4.79 Å². The van der Waals surface area contributed by atoms with Crippen molar-refractivity contribution in [3.63, 3.8) is 0 Å². The van der Waals surface area contributed by atoms with Gasteiger partial charge in [0.25, 0.3) is 0 Å². The first kappa shape index (κ1) is 25.7. The lowest BCUT2D eigenvalue weighted by atomic mass is 9.99. The molecule has 7 heteroatoms. The third-order valence-electron chi connectivity index (χ3n) is 5.40. The molecule has 0 aliphatic carbocycles. The molecular formula is C22H38IN5O. The van der Waals surface area contributed by atoms with Crippen molar-refractivity contribution in [2.45, 2.75) is 39.7 Å². The Morgan fingerprint density at radius 3 is 2.52 bits per heavy atom. The number of piperidine rings is 1. The predicted molar refractivity (Wildman–Crippen MR) is 132 cm³/mol. The minimum absolute atomic E-state index is 0. The second kappa shape index (κ2) is 14.6. The first-order valence-corrected chi connectivity index (χ1v) is 10.6. The van der Waals surface area contributed by atoms with Crippen molar-refractivity contribution < 1.29 is 4.79 Å². The molecule has 0 atom stereocenters. The molecule has 29 heavy (non-hydrogen) atoms. The Labute approximate surface area is 193 Å². The van der Waals surface area contributed by atoms with E-state index in [4.69, 9.17) is 0 Å². The Bertz CT molecular complexity index is 602. The molecule has 1 amide bonds. The zero-order valence-electron chi connectivity index (χ0n) is 18.2. The van der Waals surface area contributed by atoms with Gasteiger partial charge >= 0.3 is 0 Å². The van der Waals surface area contributed by atoms with Crippen LogP contribution in [0, 0.1) is 5.92 Å². The van der Waals surface area contributed by atoms with Gasteiger partial charge in [0.1, 0.15) is 0 Å². The number of hydrogen-bond donors (Lipinski definition) is 2. The largest absolute Gasteiger partial charge is 0.356 e. The number of carbonyl (C=O) groups excluding carboxylic acids is 1. The number of halogens is 1. The Balaban J connectivity index is 0.00000420. The molecule has 1 aromatic carbocycles. The minimum Gasteiger partial charge on any atom is -0.356 e. The number of rotatable bonds is 9. The second-order valence-electron chi connectivity index (χ2n) is 7.62. The van der Waals surface area contributed by atoms with E-state index < -0.39 is 0 Å². The summed E-state index contributed by atoms with van der Waals surface area (Å²) in [6, 6.07) is 10.1. The topological polar surface area (TPSA) is 60.0 Å². The van der Waals surface area contributed by atoms with Gasteiger partial charge in [0.2, 0.25) is 5.91 Å². The van der Waals surface area contributed by atoms with Gasteiger partial charge < -0.3 is 20.4 Å². The summed E-state index contributed by atoms with van der Waals surface area (Å²) in [7, 11) is 1.74. The normalized spacial score (nSPS) is 15.5. The zero-order chi connectivity index (χ0) is 20.2. The van der Waals surface area contributed by atoms with Gasteiger partial charge in [-0.25, -0.2) is 0 Å². The van der Waals surface area contributed by atoms with E-state index in [1.165, 1.54) is 25.9 Å². The summed E-state index contributed by atoms with van der Waals surface area (Å²) < 4.78 is 0. The molecule has 0 saturated carbocycles. The highest BCUT2D eigenvalue weighted by Gasteiger charge is 2.15. The summed E-state index contributed by atoms with van der Waals surface area (Å²) in [5.74, 6) is 1.65. The van der Waals surface area contributed by atoms with Crippen LogP contribution in [-0.2, 0) is 11.3 Å². The molecule has 6 nitrogen and oxygen atoms in total. The van der Waals surface area contributed by atoms with E-state index in [2.05, 4.69) is 27.4 Å². The average Bonchev–Trinajstić information content (AvgIpc) is 2.73. The van der Waals surface area contributed by atoms with Crippen LogP contribution in [0.3, 0.4) is 0 Å². The molecule has 0 aromatic heterocycles. The maximum Gasteiger partial charge on any atom is 0.242 e. The van der Waals surface area contributed by atoms with E-state index in [1.807, 2.05) is 42.2 Å². The smallest absolute Gasteiger partial charge is 0.242 e. The molecule has 2 N–H and O–H groups in total. The van der Waals surface area contributed by atoms with Crippen molar-refractivity contribution >= 4 is 35.8 Å². The maximum atomic E-state index is 12.5. The maximum absolute atomic E-state index is 12.5. The van der Waals surface area contributed by atoms with Crippen LogP contribution >= 0.6 is 24.0 Å². The molecule has 1 fully saturated rings. The van der Waals surface area contributed by atoms with Crippen molar-refractivity contribution in [2.24, 2.45) is 10.9 Å². The van der Waals surface area contributed by atoms with Gasteiger partial charge in [-0.2, -0.15) is 0 Å². The third-order valence-corrected chi connectivity index (χ3v) is 5.40. The van der Waals surface area contributed by atoms with Gasteiger partial charge in [0, 0.05) is 26.7 Å². The van der Waals surface area contributed by atoms with Crippen LogP contribution in [0.2, 0.25) is 0 Å². The van der Waals surface area contributed by atoms with E-state index in [0.29, 0.717) is 19.0 Å². The Morgan fingerprint density at radius 1 is 1.21 bits per heavy atom.